The average Bonchev–Trinajstić information content (AvgIpc) is 3.48. The van der Waals surface area contributed by atoms with Gasteiger partial charge in [-0.3, -0.25) is 4.79 Å². The van der Waals surface area contributed by atoms with Crippen LogP contribution in [0, 0.1) is 28.4 Å². The molecule has 3 aromatic rings. The molecule has 2 aromatic carbocycles. The van der Waals surface area contributed by atoms with Crippen molar-refractivity contribution in [2.75, 3.05) is 33.4 Å². The van der Waals surface area contributed by atoms with Crippen LogP contribution in [0.15, 0.2) is 42.5 Å². The van der Waals surface area contributed by atoms with Crippen LogP contribution in [-0.2, 0) is 4.74 Å². The topological polar surface area (TPSA) is 88.6 Å². The quantitative estimate of drug-likeness (QED) is 0.545. The number of nitrogens with two attached hydrogens (primary N) is 1. The summed E-state index contributed by atoms with van der Waals surface area (Å²) in [7, 11) is 1.39. The molecule has 1 aromatic heterocycles. The summed E-state index contributed by atoms with van der Waals surface area (Å²) in [5.41, 5.74) is 7.77. The lowest BCUT2D eigenvalue weighted by molar-refractivity contribution is 0.0515. The third kappa shape index (κ3) is 4.26. The zero-order valence-corrected chi connectivity index (χ0v) is 20.5. The number of piperidine rings is 1. The second kappa shape index (κ2) is 9.62. The number of hydrogen-bond acceptors (Lipinski definition) is 6. The Balaban J connectivity index is 1.50. The van der Waals surface area contributed by atoms with E-state index in [-0.39, 0.29) is 28.7 Å². The van der Waals surface area contributed by atoms with Crippen molar-refractivity contribution in [3.63, 3.8) is 0 Å². The highest BCUT2D eigenvalue weighted by molar-refractivity contribution is 7.18. The van der Waals surface area contributed by atoms with Crippen LogP contribution in [0.1, 0.15) is 28.1 Å². The normalized spacial score (nSPS) is 18.9. The first-order chi connectivity index (χ1) is 17.3. The number of rotatable bonds is 4. The first-order valence-electron chi connectivity index (χ1n) is 11.7. The van der Waals surface area contributed by atoms with Crippen molar-refractivity contribution < 1.29 is 23.0 Å². The van der Waals surface area contributed by atoms with Crippen LogP contribution in [0.3, 0.4) is 0 Å². The molecule has 0 aliphatic carbocycles. The standard InChI is InChI=1S/C27H25F2N3O3S/c1-34-22-5-4-17(11-21(22)29)25-19(16-2-3-18(13-30)20(28)10-16)12-23(36-25)26(33)32-8-6-27(7-9-32)15-35-14-24(27)31/h2-5,10-12,24H,6-9,14-15,31H2,1H3. The Hall–Kier alpha value is -3.32. The van der Waals surface area contributed by atoms with Crippen LogP contribution in [0.4, 0.5) is 8.78 Å². The van der Waals surface area contributed by atoms with Crippen molar-refractivity contribution in [1.82, 2.24) is 4.90 Å². The molecule has 2 aliphatic rings. The third-order valence-corrected chi connectivity index (χ3v) is 8.45. The number of nitriles is 1. The number of amides is 1. The summed E-state index contributed by atoms with van der Waals surface area (Å²) in [4.78, 5) is 16.4. The Kier molecular flexibility index (Phi) is 6.51. The highest BCUT2D eigenvalue weighted by Gasteiger charge is 2.45. The zero-order chi connectivity index (χ0) is 25.4. The minimum Gasteiger partial charge on any atom is -0.494 e. The summed E-state index contributed by atoms with van der Waals surface area (Å²) in [5.74, 6) is -1.21. The molecule has 1 unspecified atom stereocenters. The predicted molar refractivity (Wildman–Crippen MR) is 133 cm³/mol. The monoisotopic (exact) mass is 509 g/mol. The molecule has 6 nitrogen and oxygen atoms in total. The van der Waals surface area contributed by atoms with Crippen molar-refractivity contribution in [2.45, 2.75) is 18.9 Å². The molecule has 186 valence electrons. The smallest absolute Gasteiger partial charge is 0.263 e. The van der Waals surface area contributed by atoms with Gasteiger partial charge in [0, 0.05) is 35.0 Å². The zero-order valence-electron chi connectivity index (χ0n) is 19.7. The van der Waals surface area contributed by atoms with E-state index in [9.17, 15) is 13.6 Å². The number of nitrogens with zero attached hydrogens (tertiary/aromatic N) is 2. The lowest BCUT2D eigenvalue weighted by atomic mass is 9.75. The number of thiophene rings is 1. The van der Waals surface area contributed by atoms with Crippen LogP contribution >= 0.6 is 11.3 Å². The molecule has 0 radical (unpaired) electrons. The molecule has 2 aliphatic heterocycles. The molecule has 2 N–H and O–H groups in total. The molecule has 9 heteroatoms. The Morgan fingerprint density at radius 2 is 1.89 bits per heavy atom. The molecular weight excluding hydrogens is 484 g/mol. The number of likely N-dealkylation sites (tertiary alicyclic amines) is 1. The van der Waals surface area contributed by atoms with Crippen LogP contribution in [0.5, 0.6) is 5.75 Å². The summed E-state index contributed by atoms with van der Waals surface area (Å²) in [6, 6.07) is 12.4. The predicted octanol–water partition coefficient (Wildman–Crippen LogP) is 4.82. The van der Waals surface area contributed by atoms with Crippen molar-refractivity contribution in [2.24, 2.45) is 11.1 Å². The van der Waals surface area contributed by atoms with Crippen molar-refractivity contribution in [1.29, 1.82) is 5.26 Å². The van der Waals surface area contributed by atoms with Gasteiger partial charge in [-0.25, -0.2) is 8.78 Å². The molecule has 2 fully saturated rings. The van der Waals surface area contributed by atoms with Gasteiger partial charge in [-0.05, 0) is 60.4 Å². The number of carbonyl (C=O) groups excluding carboxylic acids is 1. The number of hydrogen-bond donors (Lipinski definition) is 1. The van der Waals surface area contributed by atoms with Gasteiger partial charge in [0.15, 0.2) is 11.6 Å². The van der Waals surface area contributed by atoms with E-state index < -0.39 is 11.6 Å². The Labute approximate surface area is 211 Å². The molecule has 1 atom stereocenters. The minimum absolute atomic E-state index is 0.0223. The van der Waals surface area contributed by atoms with Crippen LogP contribution in [0.25, 0.3) is 21.6 Å². The van der Waals surface area contributed by atoms with E-state index >= 15 is 0 Å². The van der Waals surface area contributed by atoms with Gasteiger partial charge in [-0.1, -0.05) is 6.07 Å². The number of ether oxygens (including phenoxy) is 2. The fourth-order valence-electron chi connectivity index (χ4n) is 5.01. The maximum absolute atomic E-state index is 14.6. The second-order valence-electron chi connectivity index (χ2n) is 9.29. The van der Waals surface area contributed by atoms with Crippen molar-refractivity contribution in [3.05, 3.63) is 64.5 Å². The first-order valence-corrected chi connectivity index (χ1v) is 12.5. The maximum Gasteiger partial charge on any atom is 0.263 e. The molecular formula is C27H25F2N3O3S. The Morgan fingerprint density at radius 3 is 2.50 bits per heavy atom. The summed E-state index contributed by atoms with van der Waals surface area (Å²) >= 11 is 1.24. The minimum atomic E-state index is -0.655. The van der Waals surface area contributed by atoms with E-state index in [0.717, 1.165) is 12.8 Å². The van der Waals surface area contributed by atoms with Gasteiger partial charge < -0.3 is 20.1 Å². The Morgan fingerprint density at radius 1 is 1.17 bits per heavy atom. The van der Waals surface area contributed by atoms with E-state index in [2.05, 4.69) is 0 Å². The summed E-state index contributed by atoms with van der Waals surface area (Å²) < 4.78 is 39.6. The van der Waals surface area contributed by atoms with Gasteiger partial charge in [0.25, 0.3) is 5.91 Å². The van der Waals surface area contributed by atoms with E-state index in [0.29, 0.717) is 52.7 Å². The number of methoxy groups -OCH3 is 1. The van der Waals surface area contributed by atoms with Crippen molar-refractivity contribution in [3.8, 4) is 33.4 Å². The van der Waals surface area contributed by atoms with Gasteiger partial charge in [0.1, 0.15) is 11.9 Å². The largest absolute Gasteiger partial charge is 0.494 e. The molecule has 3 heterocycles. The molecule has 5 rings (SSSR count). The van der Waals surface area contributed by atoms with Crippen LogP contribution in [0.2, 0.25) is 0 Å². The average molecular weight is 510 g/mol. The van der Waals surface area contributed by atoms with E-state index in [4.69, 9.17) is 20.5 Å². The number of benzene rings is 2. The van der Waals surface area contributed by atoms with Gasteiger partial charge in [0.2, 0.25) is 0 Å². The van der Waals surface area contributed by atoms with E-state index in [1.165, 1.54) is 42.7 Å². The van der Waals surface area contributed by atoms with Crippen LogP contribution < -0.4 is 10.5 Å². The molecule has 0 bridgehead atoms. The molecule has 2 saturated heterocycles. The highest BCUT2D eigenvalue weighted by Crippen LogP contribution is 2.43. The highest BCUT2D eigenvalue weighted by atomic mass is 32.1. The molecule has 1 spiro atoms. The van der Waals surface area contributed by atoms with Gasteiger partial charge in [0.05, 0.1) is 30.8 Å². The van der Waals surface area contributed by atoms with Gasteiger partial charge in [-0.15, -0.1) is 11.3 Å². The SMILES string of the molecule is COc1ccc(-c2sc(C(=O)N3CCC4(CC3)COCC4N)cc2-c2ccc(C#N)c(F)c2)cc1F. The number of halogens is 2. The Bertz CT molecular complexity index is 1360. The lowest BCUT2D eigenvalue weighted by Crippen LogP contribution is -2.50. The molecule has 36 heavy (non-hydrogen) atoms. The fourth-order valence-corrected chi connectivity index (χ4v) is 6.15. The summed E-state index contributed by atoms with van der Waals surface area (Å²) in [6.45, 7) is 2.31. The van der Waals surface area contributed by atoms with E-state index in [1.54, 1.807) is 18.2 Å². The van der Waals surface area contributed by atoms with E-state index in [1.807, 2.05) is 11.0 Å². The maximum atomic E-state index is 14.6. The second-order valence-corrected chi connectivity index (χ2v) is 10.3. The van der Waals surface area contributed by atoms with Gasteiger partial charge in [-0.2, -0.15) is 5.26 Å². The molecule has 0 saturated carbocycles. The number of carbonyl (C=O) groups is 1. The molecule has 1 amide bonds. The van der Waals surface area contributed by atoms with Gasteiger partial charge >= 0.3 is 0 Å². The fraction of sp³-hybridized carbons (Fsp3) is 0.333. The van der Waals surface area contributed by atoms with Crippen molar-refractivity contribution >= 4 is 17.2 Å². The third-order valence-electron chi connectivity index (χ3n) is 7.28. The summed E-state index contributed by atoms with van der Waals surface area (Å²) in [5, 5.41) is 9.10. The van der Waals surface area contributed by atoms with Crippen LogP contribution in [-0.4, -0.2) is 50.3 Å². The lowest BCUT2D eigenvalue weighted by Gasteiger charge is -2.40. The first kappa shape index (κ1) is 24.4. The summed E-state index contributed by atoms with van der Waals surface area (Å²) in [6.07, 6.45) is 1.55.